The van der Waals surface area contributed by atoms with Crippen molar-refractivity contribution < 1.29 is 38.4 Å². The summed E-state index contributed by atoms with van der Waals surface area (Å²) in [6.45, 7) is 0.626. The predicted octanol–water partition coefficient (Wildman–Crippen LogP) is 1.72. The Morgan fingerprint density at radius 2 is 1.31 bits per heavy atom. The summed E-state index contributed by atoms with van der Waals surface area (Å²) in [6.07, 6.45) is -4.80. The number of aliphatic hydroxyl groups is 1. The molecule has 1 aliphatic heterocycles. The van der Waals surface area contributed by atoms with Crippen LogP contribution in [0.1, 0.15) is 27.6 Å². The third-order valence-electron chi connectivity index (χ3n) is 4.23. The molecule has 1 aliphatic rings. The van der Waals surface area contributed by atoms with Crippen LogP contribution in [-0.4, -0.2) is 54.2 Å². The van der Waals surface area contributed by atoms with Gasteiger partial charge in [-0.1, -0.05) is 36.4 Å². The third-order valence-corrected chi connectivity index (χ3v) is 4.23. The van der Waals surface area contributed by atoms with Gasteiger partial charge in [0.25, 0.3) is 0 Å². The van der Waals surface area contributed by atoms with Crippen LogP contribution >= 0.6 is 0 Å². The second-order valence-electron chi connectivity index (χ2n) is 6.31. The highest BCUT2D eigenvalue weighted by Gasteiger charge is 2.51. The lowest BCUT2D eigenvalue weighted by Gasteiger charge is -2.23. The molecule has 1 fully saturated rings. The largest absolute Gasteiger partial charge is 0.452 e. The van der Waals surface area contributed by atoms with Crippen LogP contribution in [0.25, 0.3) is 0 Å². The minimum absolute atomic E-state index is 0.259. The minimum atomic E-state index is -1.33. The van der Waals surface area contributed by atoms with Crippen LogP contribution in [-0.2, 0) is 23.7 Å². The van der Waals surface area contributed by atoms with Gasteiger partial charge in [-0.3, -0.25) is 4.79 Å². The number of benzene rings is 2. The van der Waals surface area contributed by atoms with Crippen molar-refractivity contribution in [1.82, 2.24) is 0 Å². The summed E-state index contributed by atoms with van der Waals surface area (Å²) in [5.41, 5.74) is 0.530. The maximum atomic E-state index is 12.5. The zero-order valence-electron chi connectivity index (χ0n) is 15.6. The lowest BCUT2D eigenvalue weighted by molar-refractivity contribution is -0.187. The fraction of sp³-hybridized carbons (Fsp3) is 0.286. The molecule has 0 radical (unpaired) electrons. The molecule has 1 saturated heterocycles. The zero-order chi connectivity index (χ0) is 20.8. The summed E-state index contributed by atoms with van der Waals surface area (Å²) in [5.74, 6) is -2.08. The molecule has 2 aromatic carbocycles. The van der Waals surface area contributed by atoms with Gasteiger partial charge in [0.15, 0.2) is 6.10 Å². The number of esters is 3. The average molecular weight is 400 g/mol. The van der Waals surface area contributed by atoms with E-state index in [4.69, 9.17) is 18.9 Å². The molecule has 29 heavy (non-hydrogen) atoms. The number of ether oxygens (including phenoxy) is 4. The Hall–Kier alpha value is -3.23. The Bertz CT molecular complexity index is 851. The topological polar surface area (TPSA) is 108 Å². The zero-order valence-corrected chi connectivity index (χ0v) is 15.6. The van der Waals surface area contributed by atoms with Crippen molar-refractivity contribution in [2.75, 3.05) is 6.61 Å². The standard InChI is InChI=1S/C21H20O8/c1-13(23)26-21-18(29-20(25)15-10-6-3-7-11-15)17(16(12-22)27-21)28-19(24)14-8-4-2-5-9-14/h2-11,16-18,21-22H,12H2,1H3/t16-,17?,18?,21-/m1/s1. The number of aliphatic hydroxyl groups excluding tert-OH is 1. The molecule has 0 amide bonds. The van der Waals surface area contributed by atoms with Crippen LogP contribution in [0.15, 0.2) is 60.7 Å². The van der Waals surface area contributed by atoms with Gasteiger partial charge in [-0.05, 0) is 24.3 Å². The molecule has 0 aliphatic carbocycles. The van der Waals surface area contributed by atoms with E-state index in [1.165, 1.54) is 0 Å². The van der Waals surface area contributed by atoms with Crippen molar-refractivity contribution in [2.24, 2.45) is 0 Å². The van der Waals surface area contributed by atoms with E-state index in [-0.39, 0.29) is 11.1 Å². The van der Waals surface area contributed by atoms with Crippen molar-refractivity contribution in [3.05, 3.63) is 71.8 Å². The SMILES string of the molecule is CC(=O)O[C@@H]1O[C@H](CO)C(OC(=O)c2ccccc2)C1OC(=O)c1ccccc1. The van der Waals surface area contributed by atoms with Gasteiger partial charge in [-0.15, -0.1) is 0 Å². The fourth-order valence-corrected chi connectivity index (χ4v) is 2.90. The van der Waals surface area contributed by atoms with Gasteiger partial charge >= 0.3 is 17.9 Å². The fourth-order valence-electron chi connectivity index (χ4n) is 2.90. The van der Waals surface area contributed by atoms with Crippen molar-refractivity contribution in [2.45, 2.75) is 31.5 Å². The molecule has 8 heteroatoms. The van der Waals surface area contributed by atoms with Gasteiger partial charge in [0.2, 0.25) is 12.4 Å². The van der Waals surface area contributed by atoms with E-state index in [9.17, 15) is 19.5 Å². The van der Waals surface area contributed by atoms with Crippen LogP contribution in [0, 0.1) is 0 Å². The number of hydrogen-bond acceptors (Lipinski definition) is 8. The molecular formula is C21H20O8. The quantitative estimate of drug-likeness (QED) is 0.577. The molecular weight excluding hydrogens is 380 g/mol. The Balaban J connectivity index is 1.83. The first kappa shape index (κ1) is 20.5. The predicted molar refractivity (Wildman–Crippen MR) is 98.8 cm³/mol. The van der Waals surface area contributed by atoms with Crippen molar-refractivity contribution in [3.8, 4) is 0 Å². The summed E-state index contributed by atoms with van der Waals surface area (Å²) in [7, 11) is 0. The van der Waals surface area contributed by atoms with Crippen LogP contribution in [0.3, 0.4) is 0 Å². The van der Waals surface area contributed by atoms with Crippen molar-refractivity contribution in [1.29, 1.82) is 0 Å². The number of carbonyl (C=O) groups excluding carboxylic acids is 3. The molecule has 0 aromatic heterocycles. The van der Waals surface area contributed by atoms with Gasteiger partial charge in [0.1, 0.15) is 6.10 Å². The van der Waals surface area contributed by atoms with Gasteiger partial charge in [-0.25, -0.2) is 9.59 Å². The molecule has 2 aromatic rings. The Morgan fingerprint density at radius 3 is 1.76 bits per heavy atom. The Kier molecular flexibility index (Phi) is 6.58. The smallest absolute Gasteiger partial charge is 0.338 e. The lowest BCUT2D eigenvalue weighted by atomic mass is 10.1. The van der Waals surface area contributed by atoms with Gasteiger partial charge in [0, 0.05) is 6.92 Å². The molecule has 2 unspecified atom stereocenters. The normalized spacial score (nSPS) is 23.2. The molecule has 1 N–H and O–H groups in total. The van der Waals surface area contributed by atoms with Crippen molar-refractivity contribution >= 4 is 17.9 Å². The summed E-state index contributed by atoms with van der Waals surface area (Å²) in [6, 6.07) is 16.3. The number of hydrogen-bond donors (Lipinski definition) is 1. The van der Waals surface area contributed by atoms with E-state index in [0.717, 1.165) is 6.92 Å². The molecule has 8 nitrogen and oxygen atoms in total. The first-order valence-corrected chi connectivity index (χ1v) is 8.95. The Morgan fingerprint density at radius 1 is 0.828 bits per heavy atom. The molecule has 0 bridgehead atoms. The second-order valence-corrected chi connectivity index (χ2v) is 6.31. The summed E-state index contributed by atoms with van der Waals surface area (Å²) >= 11 is 0. The maximum absolute atomic E-state index is 12.5. The minimum Gasteiger partial charge on any atom is -0.452 e. The first-order chi connectivity index (χ1) is 14.0. The summed E-state index contributed by atoms with van der Waals surface area (Å²) < 4.78 is 21.5. The molecule has 1 heterocycles. The average Bonchev–Trinajstić information content (AvgIpc) is 3.04. The highest BCUT2D eigenvalue weighted by molar-refractivity contribution is 5.90. The van der Waals surface area contributed by atoms with Gasteiger partial charge in [0.05, 0.1) is 17.7 Å². The van der Waals surface area contributed by atoms with E-state index >= 15 is 0 Å². The molecule has 3 rings (SSSR count). The Labute approximate surface area is 167 Å². The van der Waals surface area contributed by atoms with E-state index in [2.05, 4.69) is 0 Å². The molecule has 0 spiro atoms. The monoisotopic (exact) mass is 400 g/mol. The van der Waals surface area contributed by atoms with Crippen LogP contribution in [0.4, 0.5) is 0 Å². The van der Waals surface area contributed by atoms with Crippen LogP contribution < -0.4 is 0 Å². The highest BCUT2D eigenvalue weighted by atomic mass is 16.7. The second kappa shape index (κ2) is 9.31. The van der Waals surface area contributed by atoms with Crippen LogP contribution in [0.5, 0.6) is 0 Å². The van der Waals surface area contributed by atoms with Gasteiger partial charge < -0.3 is 24.1 Å². The molecule has 0 saturated carbocycles. The third kappa shape index (κ3) is 4.98. The van der Waals surface area contributed by atoms with Crippen molar-refractivity contribution in [3.63, 3.8) is 0 Å². The van der Waals surface area contributed by atoms with E-state index in [0.29, 0.717) is 0 Å². The molecule has 152 valence electrons. The number of carbonyl (C=O) groups is 3. The van der Waals surface area contributed by atoms with Crippen LogP contribution in [0.2, 0.25) is 0 Å². The van der Waals surface area contributed by atoms with E-state index in [1.807, 2.05) is 0 Å². The summed E-state index contributed by atoms with van der Waals surface area (Å²) in [4.78, 5) is 36.4. The highest BCUT2D eigenvalue weighted by Crippen LogP contribution is 2.29. The summed E-state index contributed by atoms with van der Waals surface area (Å²) in [5, 5.41) is 9.64. The van der Waals surface area contributed by atoms with E-state index < -0.39 is 49.1 Å². The molecule has 4 atom stereocenters. The van der Waals surface area contributed by atoms with Gasteiger partial charge in [-0.2, -0.15) is 0 Å². The number of rotatable bonds is 6. The maximum Gasteiger partial charge on any atom is 0.338 e. The van der Waals surface area contributed by atoms with E-state index in [1.54, 1.807) is 60.7 Å². The first-order valence-electron chi connectivity index (χ1n) is 8.95. The lowest BCUT2D eigenvalue weighted by Crippen LogP contribution is -2.42.